The second-order valence-electron chi connectivity index (χ2n) is 3.57. The predicted octanol–water partition coefficient (Wildman–Crippen LogP) is 0.707. The SMILES string of the molecule is O=C(NCCn1cc(Br)cn1)c1cc([N+](=O)[O-])[nH]n1. The third-order valence-electron chi connectivity index (χ3n) is 2.22. The third-order valence-corrected chi connectivity index (χ3v) is 2.63. The maximum atomic E-state index is 11.6. The van der Waals surface area contributed by atoms with Gasteiger partial charge in [0.25, 0.3) is 5.91 Å². The topological polar surface area (TPSA) is 119 Å². The lowest BCUT2D eigenvalue weighted by Gasteiger charge is -2.02. The van der Waals surface area contributed by atoms with Crippen LogP contribution in [-0.4, -0.2) is 37.4 Å². The zero-order valence-electron chi connectivity index (χ0n) is 9.54. The second-order valence-corrected chi connectivity index (χ2v) is 4.49. The first-order valence-electron chi connectivity index (χ1n) is 5.22. The summed E-state index contributed by atoms with van der Waals surface area (Å²) in [5.41, 5.74) is -0.0201. The normalized spacial score (nSPS) is 10.4. The van der Waals surface area contributed by atoms with Gasteiger partial charge in [0.1, 0.15) is 0 Å². The van der Waals surface area contributed by atoms with Crippen molar-refractivity contribution in [2.24, 2.45) is 0 Å². The number of hydrogen-bond donors (Lipinski definition) is 2. The summed E-state index contributed by atoms with van der Waals surface area (Å²) in [6, 6.07) is 1.08. The van der Waals surface area contributed by atoms with Gasteiger partial charge in [-0.3, -0.25) is 9.48 Å². The van der Waals surface area contributed by atoms with Crippen molar-refractivity contribution >= 4 is 27.7 Å². The number of hydrogen-bond acceptors (Lipinski definition) is 5. The van der Waals surface area contributed by atoms with Crippen LogP contribution in [0.4, 0.5) is 5.82 Å². The van der Waals surface area contributed by atoms with Gasteiger partial charge in [0.15, 0.2) is 5.69 Å². The Morgan fingerprint density at radius 1 is 1.63 bits per heavy atom. The van der Waals surface area contributed by atoms with Gasteiger partial charge in [0.05, 0.1) is 23.3 Å². The molecule has 2 aromatic rings. The Morgan fingerprint density at radius 2 is 2.42 bits per heavy atom. The molecule has 2 rings (SSSR count). The first-order valence-corrected chi connectivity index (χ1v) is 6.01. The Kier molecular flexibility index (Phi) is 3.90. The smallest absolute Gasteiger partial charge is 0.343 e. The molecule has 1 amide bonds. The number of halogens is 1. The number of aromatic nitrogens is 4. The van der Waals surface area contributed by atoms with Gasteiger partial charge >= 0.3 is 5.82 Å². The van der Waals surface area contributed by atoms with E-state index in [9.17, 15) is 14.9 Å². The lowest BCUT2D eigenvalue weighted by Crippen LogP contribution is -2.27. The molecule has 0 saturated heterocycles. The van der Waals surface area contributed by atoms with Gasteiger partial charge in [-0.15, -0.1) is 5.10 Å². The largest absolute Gasteiger partial charge is 0.358 e. The summed E-state index contributed by atoms with van der Waals surface area (Å²) >= 11 is 3.26. The van der Waals surface area contributed by atoms with Gasteiger partial charge in [-0.25, -0.2) is 0 Å². The Morgan fingerprint density at radius 3 is 3.00 bits per heavy atom. The zero-order chi connectivity index (χ0) is 13.8. The number of carbonyl (C=O) groups is 1. The summed E-state index contributed by atoms with van der Waals surface area (Å²) in [4.78, 5) is 21.4. The van der Waals surface area contributed by atoms with Gasteiger partial charge in [-0.1, -0.05) is 5.10 Å². The molecule has 2 N–H and O–H groups in total. The van der Waals surface area contributed by atoms with Gasteiger partial charge in [-0.05, 0) is 20.9 Å². The monoisotopic (exact) mass is 328 g/mol. The predicted molar refractivity (Wildman–Crippen MR) is 67.5 cm³/mol. The van der Waals surface area contributed by atoms with Crippen LogP contribution in [0.1, 0.15) is 10.5 Å². The fourth-order valence-corrected chi connectivity index (χ4v) is 1.68. The number of amides is 1. The molecule has 0 saturated carbocycles. The molecule has 0 atom stereocenters. The number of rotatable bonds is 5. The average Bonchev–Trinajstić information content (AvgIpc) is 2.98. The van der Waals surface area contributed by atoms with Crippen LogP contribution in [0.25, 0.3) is 0 Å². The first-order chi connectivity index (χ1) is 9.06. The van der Waals surface area contributed by atoms with Gasteiger partial charge in [-0.2, -0.15) is 5.10 Å². The van der Waals surface area contributed by atoms with E-state index in [-0.39, 0.29) is 11.5 Å². The number of aromatic amines is 1. The van der Waals surface area contributed by atoms with Gasteiger partial charge in [0, 0.05) is 12.7 Å². The second kappa shape index (κ2) is 5.61. The molecule has 0 aliphatic carbocycles. The van der Waals surface area contributed by atoms with E-state index < -0.39 is 10.8 Å². The molecule has 0 unspecified atom stereocenters. The van der Waals surface area contributed by atoms with Crippen molar-refractivity contribution in [1.29, 1.82) is 0 Å². The highest BCUT2D eigenvalue weighted by atomic mass is 79.9. The molecular weight excluding hydrogens is 320 g/mol. The zero-order valence-corrected chi connectivity index (χ0v) is 11.1. The van der Waals surface area contributed by atoms with Crippen LogP contribution in [0.5, 0.6) is 0 Å². The summed E-state index contributed by atoms with van der Waals surface area (Å²) in [6.45, 7) is 0.831. The van der Waals surface area contributed by atoms with Crippen molar-refractivity contribution < 1.29 is 9.72 Å². The van der Waals surface area contributed by atoms with Crippen molar-refractivity contribution in [3.05, 3.63) is 38.7 Å². The summed E-state index contributed by atoms with van der Waals surface area (Å²) in [5, 5.41) is 22.8. The minimum atomic E-state index is -0.648. The molecule has 0 aliphatic rings. The quantitative estimate of drug-likeness (QED) is 0.618. The van der Waals surface area contributed by atoms with E-state index in [1.807, 2.05) is 0 Å². The van der Waals surface area contributed by atoms with E-state index in [0.29, 0.717) is 13.1 Å². The Labute approximate surface area is 115 Å². The van der Waals surface area contributed by atoms with Crippen LogP contribution in [0, 0.1) is 10.1 Å². The lowest BCUT2D eigenvalue weighted by molar-refractivity contribution is -0.389. The number of nitro groups is 1. The van der Waals surface area contributed by atoms with Crippen LogP contribution in [0.2, 0.25) is 0 Å². The fraction of sp³-hybridized carbons (Fsp3) is 0.222. The lowest BCUT2D eigenvalue weighted by atomic mass is 10.4. The molecule has 2 aromatic heterocycles. The third kappa shape index (κ3) is 3.37. The van der Waals surface area contributed by atoms with E-state index in [1.54, 1.807) is 17.1 Å². The van der Waals surface area contributed by atoms with Crippen molar-refractivity contribution in [3.63, 3.8) is 0 Å². The maximum Gasteiger partial charge on any atom is 0.343 e. The van der Waals surface area contributed by atoms with Crippen LogP contribution in [-0.2, 0) is 6.54 Å². The number of H-pyrrole nitrogens is 1. The van der Waals surface area contributed by atoms with E-state index >= 15 is 0 Å². The van der Waals surface area contributed by atoms with Crippen molar-refractivity contribution in [2.45, 2.75) is 6.54 Å². The summed E-state index contributed by atoms with van der Waals surface area (Å²) in [5.74, 6) is -0.795. The van der Waals surface area contributed by atoms with E-state index in [2.05, 4.69) is 36.5 Å². The van der Waals surface area contributed by atoms with Crippen LogP contribution in [0.3, 0.4) is 0 Å². The molecule has 0 radical (unpaired) electrons. The maximum absolute atomic E-state index is 11.6. The van der Waals surface area contributed by atoms with Crippen molar-refractivity contribution in [3.8, 4) is 0 Å². The van der Waals surface area contributed by atoms with Crippen molar-refractivity contribution in [1.82, 2.24) is 25.3 Å². The fourth-order valence-electron chi connectivity index (χ4n) is 1.36. The first kappa shape index (κ1) is 13.2. The molecule has 19 heavy (non-hydrogen) atoms. The van der Waals surface area contributed by atoms with Crippen LogP contribution < -0.4 is 5.32 Å². The van der Waals surface area contributed by atoms with E-state index in [0.717, 1.165) is 10.5 Å². The van der Waals surface area contributed by atoms with E-state index in [4.69, 9.17) is 0 Å². The molecule has 0 aliphatic heterocycles. The Balaban J connectivity index is 1.85. The minimum absolute atomic E-state index is 0.0201. The highest BCUT2D eigenvalue weighted by Crippen LogP contribution is 2.08. The average molecular weight is 329 g/mol. The van der Waals surface area contributed by atoms with Gasteiger partial charge < -0.3 is 15.4 Å². The van der Waals surface area contributed by atoms with Crippen LogP contribution >= 0.6 is 15.9 Å². The molecule has 0 bridgehead atoms. The Bertz CT molecular complexity index is 607. The molecule has 0 spiro atoms. The highest BCUT2D eigenvalue weighted by molar-refractivity contribution is 9.10. The number of nitrogens with one attached hydrogen (secondary N) is 2. The van der Waals surface area contributed by atoms with Crippen molar-refractivity contribution in [2.75, 3.05) is 6.54 Å². The number of nitrogens with zero attached hydrogens (tertiary/aromatic N) is 4. The summed E-state index contributed by atoms with van der Waals surface area (Å²) < 4.78 is 2.50. The molecule has 0 fully saturated rings. The van der Waals surface area contributed by atoms with Crippen LogP contribution in [0.15, 0.2) is 22.9 Å². The van der Waals surface area contributed by atoms with Gasteiger partial charge in [0.2, 0.25) is 0 Å². The molecule has 2 heterocycles. The molecular formula is C9H9BrN6O3. The standard InChI is InChI=1S/C9H9BrN6O3/c10-6-4-12-15(5-6)2-1-11-9(17)7-3-8(14-13-7)16(18)19/h3-5H,1-2H2,(H,11,17)(H,13,14). The molecule has 100 valence electrons. The molecule has 10 heteroatoms. The summed E-state index contributed by atoms with van der Waals surface area (Å²) in [6.07, 6.45) is 3.41. The highest BCUT2D eigenvalue weighted by Gasteiger charge is 2.15. The molecule has 9 nitrogen and oxygen atoms in total. The molecule has 0 aromatic carbocycles. The Hall–Kier alpha value is -2.23. The summed E-state index contributed by atoms with van der Waals surface area (Å²) in [7, 11) is 0. The number of carbonyl (C=O) groups excluding carboxylic acids is 1. The van der Waals surface area contributed by atoms with E-state index in [1.165, 1.54) is 0 Å². The minimum Gasteiger partial charge on any atom is -0.358 e.